The van der Waals surface area contributed by atoms with Crippen LogP contribution < -0.4 is 15.0 Å². The third kappa shape index (κ3) is 4.05. The molecule has 174 valence electrons. The number of nitrogens with one attached hydrogen (secondary N) is 1. The van der Waals surface area contributed by atoms with Crippen molar-refractivity contribution >= 4 is 22.9 Å². The van der Waals surface area contributed by atoms with Crippen LogP contribution in [-0.2, 0) is 0 Å². The number of carbonyl (C=O) groups excluding carboxylic acids is 1. The van der Waals surface area contributed by atoms with Gasteiger partial charge in [0.1, 0.15) is 11.6 Å². The average Bonchev–Trinajstić information content (AvgIpc) is 3.49. The van der Waals surface area contributed by atoms with Gasteiger partial charge < -0.3 is 24.3 Å². The number of anilines is 2. The Morgan fingerprint density at radius 2 is 1.91 bits per heavy atom. The Hall–Kier alpha value is -4.00. The maximum Gasteiger partial charge on any atom is 0.322 e. The zero-order valence-corrected chi connectivity index (χ0v) is 19.7. The first kappa shape index (κ1) is 21.8. The molecule has 0 radical (unpaired) electrons. The van der Waals surface area contributed by atoms with Crippen molar-refractivity contribution in [2.24, 2.45) is 0 Å². The molecule has 1 atom stereocenters. The molecule has 7 heteroatoms. The molecular formula is C27H29N5O2. The smallest absolute Gasteiger partial charge is 0.322 e. The van der Waals surface area contributed by atoms with Gasteiger partial charge in [-0.25, -0.2) is 9.78 Å². The second kappa shape index (κ2) is 9.09. The number of likely N-dealkylation sites (tertiary alicyclic amines) is 1. The van der Waals surface area contributed by atoms with Crippen LogP contribution in [0.1, 0.15) is 24.7 Å². The highest BCUT2D eigenvalue weighted by atomic mass is 16.5. The van der Waals surface area contributed by atoms with Crippen LogP contribution in [0.4, 0.5) is 16.2 Å². The fourth-order valence-corrected chi connectivity index (χ4v) is 4.60. The third-order valence-electron chi connectivity index (χ3n) is 6.37. The minimum atomic E-state index is -0.102. The van der Waals surface area contributed by atoms with E-state index in [1.807, 2.05) is 90.8 Å². The lowest BCUT2D eigenvalue weighted by atomic mass is 10.1. The number of nitrogens with zero attached hydrogens (tertiary/aromatic N) is 4. The molecule has 0 spiro atoms. The van der Waals surface area contributed by atoms with Crippen molar-refractivity contribution in [2.45, 2.75) is 18.9 Å². The van der Waals surface area contributed by atoms with Gasteiger partial charge in [-0.05, 0) is 61.4 Å². The second-order valence-electron chi connectivity index (χ2n) is 8.73. The fraction of sp³-hybridized carbons (Fsp3) is 0.259. The van der Waals surface area contributed by atoms with E-state index in [2.05, 4.69) is 15.8 Å². The summed E-state index contributed by atoms with van der Waals surface area (Å²) in [7, 11) is 5.66. The number of rotatable bonds is 5. The number of carbonyl (C=O) groups is 1. The Kier molecular flexibility index (Phi) is 5.84. The van der Waals surface area contributed by atoms with Crippen LogP contribution >= 0.6 is 0 Å². The zero-order valence-electron chi connectivity index (χ0n) is 19.7. The van der Waals surface area contributed by atoms with Crippen molar-refractivity contribution in [3.8, 4) is 17.0 Å². The predicted molar refractivity (Wildman–Crippen MR) is 136 cm³/mol. The largest absolute Gasteiger partial charge is 0.497 e. The van der Waals surface area contributed by atoms with Gasteiger partial charge in [0.05, 0.1) is 24.4 Å². The minimum Gasteiger partial charge on any atom is -0.497 e. The average molecular weight is 456 g/mol. The van der Waals surface area contributed by atoms with Crippen LogP contribution in [0.15, 0.2) is 72.9 Å². The van der Waals surface area contributed by atoms with Gasteiger partial charge in [-0.3, -0.25) is 0 Å². The summed E-state index contributed by atoms with van der Waals surface area (Å²) in [6, 6.07) is 21.7. The zero-order chi connectivity index (χ0) is 23.7. The van der Waals surface area contributed by atoms with E-state index in [4.69, 9.17) is 9.72 Å². The molecule has 34 heavy (non-hydrogen) atoms. The summed E-state index contributed by atoms with van der Waals surface area (Å²) in [6.07, 6.45) is 3.84. The number of fused-ring (bicyclic) bond motifs is 1. The maximum absolute atomic E-state index is 13.3. The second-order valence-corrected chi connectivity index (χ2v) is 8.73. The van der Waals surface area contributed by atoms with Crippen LogP contribution in [-0.4, -0.2) is 48.1 Å². The van der Waals surface area contributed by atoms with Crippen molar-refractivity contribution in [1.82, 2.24) is 14.3 Å². The minimum absolute atomic E-state index is 0.101. The number of amides is 2. The number of pyridine rings is 1. The number of methoxy groups -OCH3 is 1. The summed E-state index contributed by atoms with van der Waals surface area (Å²) in [5, 5.41) is 3.07. The first-order valence-electron chi connectivity index (χ1n) is 11.5. The summed E-state index contributed by atoms with van der Waals surface area (Å²) in [5.41, 5.74) is 4.76. The summed E-state index contributed by atoms with van der Waals surface area (Å²) in [4.78, 5) is 22.3. The highest BCUT2D eigenvalue weighted by molar-refractivity contribution is 5.90. The lowest BCUT2D eigenvalue weighted by Crippen LogP contribution is -2.35. The SMILES string of the molecule is COc1cccc(-c2nc(C3CCCN3C(=O)Nc3ccc(N(C)C)cc3)n3ccccc23)c1. The number of benzene rings is 2. The highest BCUT2D eigenvalue weighted by Gasteiger charge is 2.33. The van der Waals surface area contributed by atoms with Crippen LogP contribution in [0, 0.1) is 0 Å². The van der Waals surface area contributed by atoms with E-state index in [1.54, 1.807) is 7.11 Å². The number of ether oxygens (including phenoxy) is 1. The van der Waals surface area contributed by atoms with Crippen molar-refractivity contribution in [1.29, 1.82) is 0 Å². The summed E-state index contributed by atoms with van der Waals surface area (Å²) >= 11 is 0. The monoisotopic (exact) mass is 455 g/mol. The number of hydrogen-bond donors (Lipinski definition) is 1. The van der Waals surface area contributed by atoms with E-state index in [-0.39, 0.29) is 12.1 Å². The molecule has 1 unspecified atom stereocenters. The summed E-state index contributed by atoms with van der Waals surface area (Å²) in [6.45, 7) is 0.697. The molecule has 2 amide bonds. The van der Waals surface area contributed by atoms with E-state index in [1.165, 1.54) is 0 Å². The van der Waals surface area contributed by atoms with Crippen LogP contribution in [0.3, 0.4) is 0 Å². The fourth-order valence-electron chi connectivity index (χ4n) is 4.60. The maximum atomic E-state index is 13.3. The molecule has 1 aliphatic heterocycles. The van der Waals surface area contributed by atoms with E-state index in [0.29, 0.717) is 6.54 Å². The normalized spacial score (nSPS) is 15.5. The van der Waals surface area contributed by atoms with Crippen molar-refractivity contribution in [2.75, 3.05) is 38.0 Å². The van der Waals surface area contributed by atoms with Crippen molar-refractivity contribution < 1.29 is 9.53 Å². The van der Waals surface area contributed by atoms with Gasteiger partial charge in [0.25, 0.3) is 0 Å². The highest BCUT2D eigenvalue weighted by Crippen LogP contribution is 2.36. The van der Waals surface area contributed by atoms with Gasteiger partial charge in [0.15, 0.2) is 0 Å². The van der Waals surface area contributed by atoms with Crippen LogP contribution in [0.2, 0.25) is 0 Å². The molecule has 5 rings (SSSR count). The van der Waals surface area contributed by atoms with Gasteiger partial charge in [-0.15, -0.1) is 0 Å². The molecule has 0 aliphatic carbocycles. The first-order chi connectivity index (χ1) is 16.5. The quantitative estimate of drug-likeness (QED) is 0.435. The third-order valence-corrected chi connectivity index (χ3v) is 6.37. The number of imidazole rings is 1. The van der Waals surface area contributed by atoms with E-state index in [0.717, 1.165) is 52.6 Å². The van der Waals surface area contributed by atoms with Gasteiger partial charge in [-0.1, -0.05) is 18.2 Å². The number of urea groups is 1. The van der Waals surface area contributed by atoms with Crippen LogP contribution in [0.25, 0.3) is 16.8 Å². The predicted octanol–water partition coefficient (Wildman–Crippen LogP) is 5.44. The molecule has 3 heterocycles. The lowest BCUT2D eigenvalue weighted by Gasteiger charge is -2.24. The molecule has 0 saturated carbocycles. The molecule has 0 bridgehead atoms. The Labute approximate surface area is 199 Å². The summed E-state index contributed by atoms with van der Waals surface area (Å²) in [5.74, 6) is 1.67. The molecule has 4 aromatic rings. The molecule has 2 aromatic heterocycles. The standard InChI is InChI=1S/C27H29N5O2/c1-30(2)21-14-12-20(13-15-21)28-27(33)32-17-7-11-24(32)26-29-25(23-10-4-5-16-31(23)26)19-8-6-9-22(18-19)34-3/h4-6,8-10,12-16,18,24H,7,11,17H2,1-3H3,(H,28,33). The molecule has 7 nitrogen and oxygen atoms in total. The molecule has 1 N–H and O–H groups in total. The topological polar surface area (TPSA) is 62.1 Å². The number of aromatic nitrogens is 2. The Morgan fingerprint density at radius 3 is 2.68 bits per heavy atom. The molecule has 2 aromatic carbocycles. The van der Waals surface area contributed by atoms with E-state index in [9.17, 15) is 4.79 Å². The Bertz CT molecular complexity index is 1310. The molecule has 1 saturated heterocycles. The van der Waals surface area contributed by atoms with Crippen molar-refractivity contribution in [3.63, 3.8) is 0 Å². The summed E-state index contributed by atoms with van der Waals surface area (Å²) < 4.78 is 7.53. The Morgan fingerprint density at radius 1 is 1.09 bits per heavy atom. The molecule has 1 aliphatic rings. The van der Waals surface area contributed by atoms with E-state index >= 15 is 0 Å². The first-order valence-corrected chi connectivity index (χ1v) is 11.5. The lowest BCUT2D eigenvalue weighted by molar-refractivity contribution is 0.205. The molecule has 1 fully saturated rings. The Balaban J connectivity index is 1.46. The number of hydrogen-bond acceptors (Lipinski definition) is 4. The van der Waals surface area contributed by atoms with Crippen molar-refractivity contribution in [3.05, 3.63) is 78.8 Å². The van der Waals surface area contributed by atoms with Crippen LogP contribution in [0.5, 0.6) is 5.75 Å². The van der Waals surface area contributed by atoms with E-state index < -0.39 is 0 Å². The van der Waals surface area contributed by atoms with Gasteiger partial charge in [-0.2, -0.15) is 0 Å². The van der Waals surface area contributed by atoms with Gasteiger partial charge >= 0.3 is 6.03 Å². The molecular weight excluding hydrogens is 426 g/mol. The van der Waals surface area contributed by atoms with Gasteiger partial charge in [0, 0.05) is 43.8 Å². The van der Waals surface area contributed by atoms with Gasteiger partial charge in [0.2, 0.25) is 0 Å².